The summed E-state index contributed by atoms with van der Waals surface area (Å²) in [6, 6.07) is -1.02. The van der Waals surface area contributed by atoms with Crippen LogP contribution < -0.4 is 5.73 Å². The van der Waals surface area contributed by atoms with Crippen molar-refractivity contribution in [3.63, 3.8) is 0 Å². The van der Waals surface area contributed by atoms with Gasteiger partial charge < -0.3 is 21.1 Å². The van der Waals surface area contributed by atoms with Crippen molar-refractivity contribution in [2.24, 2.45) is 5.73 Å². The van der Waals surface area contributed by atoms with Crippen LogP contribution in [0.25, 0.3) is 0 Å². The summed E-state index contributed by atoms with van der Waals surface area (Å²) in [5, 5.41) is 28.1. The van der Waals surface area contributed by atoms with Gasteiger partial charge in [0.2, 0.25) is 0 Å². The van der Waals surface area contributed by atoms with Gasteiger partial charge in [0.15, 0.2) is 11.5 Å². The Bertz CT molecular complexity index is 439. The molecule has 5 nitrogen and oxygen atoms in total. The highest BCUT2D eigenvalue weighted by Crippen LogP contribution is 2.37. The maximum Gasteiger partial charge on any atom is 0.320 e. The van der Waals surface area contributed by atoms with Crippen molar-refractivity contribution in [1.82, 2.24) is 0 Å². The van der Waals surface area contributed by atoms with Gasteiger partial charge in [-0.25, -0.2) is 0 Å². The molecule has 0 spiro atoms. The second-order valence-electron chi connectivity index (χ2n) is 4.20. The molecule has 0 radical (unpaired) electrons. The van der Waals surface area contributed by atoms with E-state index in [4.69, 9.17) is 10.8 Å². The van der Waals surface area contributed by atoms with E-state index in [2.05, 4.69) is 0 Å². The summed E-state index contributed by atoms with van der Waals surface area (Å²) in [4.78, 5) is 10.7. The van der Waals surface area contributed by atoms with Gasteiger partial charge in [-0.15, -0.1) is 0 Å². The van der Waals surface area contributed by atoms with Crippen LogP contribution in [-0.2, 0) is 11.2 Å². The first-order valence-electron chi connectivity index (χ1n) is 5.26. The fourth-order valence-electron chi connectivity index (χ4n) is 1.80. The molecule has 0 saturated heterocycles. The first kappa shape index (κ1) is 13.3. The summed E-state index contributed by atoms with van der Waals surface area (Å²) < 4.78 is 0. The highest BCUT2D eigenvalue weighted by atomic mass is 16.4. The average Bonchev–Trinajstić information content (AvgIpc) is 2.29. The van der Waals surface area contributed by atoms with Gasteiger partial charge in [-0.2, -0.15) is 0 Å². The lowest BCUT2D eigenvalue weighted by Gasteiger charge is -2.17. The number of aliphatic carboxylic acids is 1. The summed E-state index contributed by atoms with van der Waals surface area (Å²) in [7, 11) is 0. The zero-order valence-electron chi connectivity index (χ0n) is 10.1. The zero-order valence-corrected chi connectivity index (χ0v) is 10.1. The van der Waals surface area contributed by atoms with Crippen LogP contribution >= 0.6 is 0 Å². The van der Waals surface area contributed by atoms with Gasteiger partial charge in [-0.3, -0.25) is 4.79 Å². The first-order valence-corrected chi connectivity index (χ1v) is 5.26. The predicted molar refractivity (Wildman–Crippen MR) is 63.3 cm³/mol. The molecule has 1 atom stereocenters. The molecule has 1 rings (SSSR count). The molecule has 1 aromatic rings. The maximum absolute atomic E-state index is 10.7. The van der Waals surface area contributed by atoms with Crippen molar-refractivity contribution in [3.05, 3.63) is 22.3 Å². The minimum absolute atomic E-state index is 0.127. The van der Waals surface area contributed by atoms with E-state index in [0.717, 1.165) is 5.56 Å². The SMILES string of the molecule is Cc1c(C)c(CC(N)C(=O)O)c(C)c(O)c1O. The van der Waals surface area contributed by atoms with Crippen LogP contribution in [0.1, 0.15) is 22.3 Å². The highest BCUT2D eigenvalue weighted by Gasteiger charge is 2.20. The average molecular weight is 239 g/mol. The molecule has 0 heterocycles. The Labute approximate surface area is 99.5 Å². The number of phenols is 2. The molecular weight excluding hydrogens is 222 g/mol. The van der Waals surface area contributed by atoms with Crippen LogP contribution in [0.5, 0.6) is 11.5 Å². The molecule has 94 valence electrons. The quantitative estimate of drug-likeness (QED) is 0.588. The minimum atomic E-state index is -1.09. The molecule has 1 unspecified atom stereocenters. The Kier molecular flexibility index (Phi) is 3.63. The van der Waals surface area contributed by atoms with Gasteiger partial charge >= 0.3 is 5.97 Å². The van der Waals surface area contributed by atoms with Crippen molar-refractivity contribution in [3.8, 4) is 11.5 Å². The summed E-state index contributed by atoms with van der Waals surface area (Å²) in [5.74, 6) is -1.46. The van der Waals surface area contributed by atoms with Crippen molar-refractivity contribution >= 4 is 5.97 Å². The summed E-state index contributed by atoms with van der Waals surface area (Å²) >= 11 is 0. The number of rotatable bonds is 3. The molecule has 0 amide bonds. The monoisotopic (exact) mass is 239 g/mol. The number of carboxylic acids is 1. The summed E-state index contributed by atoms with van der Waals surface area (Å²) in [6.45, 7) is 5.07. The third-order valence-electron chi connectivity index (χ3n) is 3.14. The van der Waals surface area contributed by atoms with Crippen molar-refractivity contribution in [2.45, 2.75) is 33.2 Å². The molecule has 0 bridgehead atoms. The van der Waals surface area contributed by atoms with Gasteiger partial charge in [0.1, 0.15) is 6.04 Å². The molecule has 5 heteroatoms. The van der Waals surface area contributed by atoms with Crippen LogP contribution in [0.3, 0.4) is 0 Å². The van der Waals surface area contributed by atoms with Crippen LogP contribution in [0.2, 0.25) is 0 Å². The van der Waals surface area contributed by atoms with Crippen LogP contribution in [0, 0.1) is 20.8 Å². The molecule has 0 aliphatic heterocycles. The van der Waals surface area contributed by atoms with Crippen molar-refractivity contribution < 1.29 is 20.1 Å². The van der Waals surface area contributed by atoms with E-state index in [1.165, 1.54) is 0 Å². The Hall–Kier alpha value is -1.75. The molecule has 1 aromatic carbocycles. The Balaban J connectivity index is 3.30. The van der Waals surface area contributed by atoms with Gasteiger partial charge in [0.05, 0.1) is 0 Å². The molecule has 0 fully saturated rings. The zero-order chi connectivity index (χ0) is 13.3. The van der Waals surface area contributed by atoms with E-state index in [1.807, 2.05) is 0 Å². The largest absolute Gasteiger partial charge is 0.504 e. The Morgan fingerprint density at radius 1 is 1.12 bits per heavy atom. The minimum Gasteiger partial charge on any atom is -0.504 e. The van der Waals surface area contributed by atoms with E-state index in [1.54, 1.807) is 20.8 Å². The van der Waals surface area contributed by atoms with Gasteiger partial charge in [0.25, 0.3) is 0 Å². The van der Waals surface area contributed by atoms with E-state index >= 15 is 0 Å². The third kappa shape index (κ3) is 2.34. The predicted octanol–water partition coefficient (Wildman–Crippen LogP) is 0.977. The number of hydrogen-bond donors (Lipinski definition) is 4. The van der Waals surface area contributed by atoms with E-state index < -0.39 is 12.0 Å². The van der Waals surface area contributed by atoms with Crippen LogP contribution in [0.15, 0.2) is 0 Å². The lowest BCUT2D eigenvalue weighted by Crippen LogP contribution is -2.32. The second kappa shape index (κ2) is 4.63. The van der Waals surface area contributed by atoms with Gasteiger partial charge in [0, 0.05) is 0 Å². The molecule has 17 heavy (non-hydrogen) atoms. The van der Waals surface area contributed by atoms with Crippen molar-refractivity contribution in [2.75, 3.05) is 0 Å². The van der Waals surface area contributed by atoms with Gasteiger partial charge in [-0.05, 0) is 49.4 Å². The number of hydrogen-bond acceptors (Lipinski definition) is 4. The smallest absolute Gasteiger partial charge is 0.320 e. The molecule has 5 N–H and O–H groups in total. The molecule has 0 aliphatic carbocycles. The Morgan fingerprint density at radius 3 is 2.06 bits per heavy atom. The van der Waals surface area contributed by atoms with E-state index in [0.29, 0.717) is 16.7 Å². The topological polar surface area (TPSA) is 104 Å². The number of carboxylic acid groups (broad SMARTS) is 1. The highest BCUT2D eigenvalue weighted by molar-refractivity contribution is 5.74. The summed E-state index contributed by atoms with van der Waals surface area (Å²) in [5.41, 5.74) is 7.93. The first-order chi connectivity index (χ1) is 7.77. The molecule has 0 aliphatic rings. The molecule has 0 saturated carbocycles. The van der Waals surface area contributed by atoms with E-state index in [-0.39, 0.29) is 17.9 Å². The molecule has 0 aromatic heterocycles. The fraction of sp³-hybridized carbons (Fsp3) is 0.417. The number of carbonyl (C=O) groups is 1. The lowest BCUT2D eigenvalue weighted by atomic mass is 9.92. The summed E-state index contributed by atoms with van der Waals surface area (Å²) in [6.07, 6.45) is 0.127. The number of aromatic hydroxyl groups is 2. The van der Waals surface area contributed by atoms with Crippen LogP contribution in [0.4, 0.5) is 0 Å². The molecular formula is C12H17NO4. The second-order valence-corrected chi connectivity index (χ2v) is 4.20. The fourth-order valence-corrected chi connectivity index (χ4v) is 1.80. The maximum atomic E-state index is 10.7. The lowest BCUT2D eigenvalue weighted by molar-refractivity contribution is -0.138. The standard InChI is InChI=1S/C12H17NO4/c1-5-6(2)10(14)11(15)7(3)8(5)4-9(13)12(16)17/h9,14-15H,4,13H2,1-3H3,(H,16,17). The van der Waals surface area contributed by atoms with E-state index in [9.17, 15) is 15.0 Å². The number of nitrogens with two attached hydrogens (primary N) is 1. The van der Waals surface area contributed by atoms with Crippen LogP contribution in [-0.4, -0.2) is 27.3 Å². The van der Waals surface area contributed by atoms with Gasteiger partial charge in [-0.1, -0.05) is 0 Å². The number of benzene rings is 1. The Morgan fingerprint density at radius 2 is 1.59 bits per heavy atom. The van der Waals surface area contributed by atoms with Crippen molar-refractivity contribution in [1.29, 1.82) is 0 Å². The third-order valence-corrected chi connectivity index (χ3v) is 3.14. The number of phenolic OH excluding ortho intramolecular Hbond substituents is 2. The normalized spacial score (nSPS) is 12.5.